The summed E-state index contributed by atoms with van der Waals surface area (Å²) in [6.07, 6.45) is 5.86. The maximum atomic E-state index is 12.2. The van der Waals surface area contributed by atoms with Gasteiger partial charge in [-0.05, 0) is 26.0 Å². The Morgan fingerprint density at radius 2 is 2.00 bits per heavy atom. The van der Waals surface area contributed by atoms with Crippen molar-refractivity contribution >= 4 is 17.7 Å². The minimum atomic E-state index is -0.567. The summed E-state index contributed by atoms with van der Waals surface area (Å²) in [5.74, 6) is -0.870. The molecule has 0 bridgehead atoms. The summed E-state index contributed by atoms with van der Waals surface area (Å²) in [5.41, 5.74) is 5.88. The summed E-state index contributed by atoms with van der Waals surface area (Å²) in [6.45, 7) is 5.90. The Kier molecular flexibility index (Phi) is 6.05. The summed E-state index contributed by atoms with van der Waals surface area (Å²) in [6, 6.07) is -0.567. The number of amides is 3. The van der Waals surface area contributed by atoms with Crippen LogP contribution in [-0.4, -0.2) is 42.3 Å². The molecule has 2 aliphatic heterocycles. The maximum absolute atomic E-state index is 12.2. The van der Waals surface area contributed by atoms with Crippen molar-refractivity contribution in [2.45, 2.75) is 25.8 Å². The van der Waals surface area contributed by atoms with Gasteiger partial charge in [-0.25, -0.2) is 0 Å². The minimum absolute atomic E-state index is 0.197. The Morgan fingerprint density at radius 3 is 2.52 bits per heavy atom. The lowest BCUT2D eigenvalue weighted by molar-refractivity contribution is -0.142. The average Bonchev–Trinajstić information content (AvgIpc) is 2.78. The van der Waals surface area contributed by atoms with Gasteiger partial charge in [-0.15, -0.1) is 0 Å². The number of nitrogens with zero attached hydrogens (tertiary/aromatic N) is 1. The van der Waals surface area contributed by atoms with Crippen molar-refractivity contribution in [2.24, 2.45) is 5.73 Å². The third-order valence-corrected chi connectivity index (χ3v) is 3.34. The van der Waals surface area contributed by atoms with Crippen molar-refractivity contribution in [1.29, 1.82) is 0 Å². The van der Waals surface area contributed by atoms with Crippen molar-refractivity contribution in [1.82, 2.24) is 10.2 Å². The summed E-state index contributed by atoms with van der Waals surface area (Å²) in [5, 5.41) is 2.27. The number of piperidine rings is 1. The number of carbonyl (C=O) groups excluding carboxylic acids is 3. The molecule has 1 unspecified atom stereocenters. The number of allylic oxidation sites excluding steroid dienone is 1. The van der Waals surface area contributed by atoms with Gasteiger partial charge in [-0.2, -0.15) is 0 Å². The zero-order valence-corrected chi connectivity index (χ0v) is 12.4. The topological polar surface area (TPSA) is 92.5 Å². The van der Waals surface area contributed by atoms with E-state index in [4.69, 9.17) is 0 Å². The molecule has 0 spiro atoms. The first-order chi connectivity index (χ1) is 10.1. The van der Waals surface area contributed by atoms with Gasteiger partial charge in [0.05, 0.1) is 0 Å². The van der Waals surface area contributed by atoms with E-state index in [2.05, 4.69) is 17.6 Å². The van der Waals surface area contributed by atoms with E-state index < -0.39 is 11.9 Å². The second-order valence-corrected chi connectivity index (χ2v) is 4.54. The van der Waals surface area contributed by atoms with Crippen LogP contribution in [0.4, 0.5) is 0 Å². The molecular formula is C15H21N3O3. The van der Waals surface area contributed by atoms with Crippen LogP contribution in [0.1, 0.15) is 19.8 Å². The lowest BCUT2D eigenvalue weighted by atomic mass is 10.0. The molecule has 1 atom stereocenters. The largest absolute Gasteiger partial charge is 0.333 e. The Morgan fingerprint density at radius 1 is 1.33 bits per heavy atom. The zero-order valence-electron chi connectivity index (χ0n) is 12.4. The van der Waals surface area contributed by atoms with E-state index in [0.717, 1.165) is 5.57 Å². The van der Waals surface area contributed by atoms with Crippen molar-refractivity contribution in [3.8, 4) is 0 Å². The summed E-state index contributed by atoms with van der Waals surface area (Å²) in [7, 11) is 1.50. The van der Waals surface area contributed by atoms with Crippen LogP contribution in [0.3, 0.4) is 0 Å². The fourth-order valence-electron chi connectivity index (χ4n) is 2.43. The van der Waals surface area contributed by atoms with Crippen LogP contribution in [0, 0.1) is 0 Å². The molecule has 114 valence electrons. The predicted molar refractivity (Wildman–Crippen MR) is 80.0 cm³/mol. The molecule has 0 aliphatic carbocycles. The van der Waals surface area contributed by atoms with Crippen LogP contribution >= 0.6 is 0 Å². The number of imide groups is 1. The SMILES string of the molecule is C=CC1=C(/C=C\C)CN(C2CCC(=O)NC2=O)C1=O.CN. The van der Waals surface area contributed by atoms with E-state index in [-0.39, 0.29) is 18.2 Å². The number of nitrogens with one attached hydrogen (secondary N) is 1. The lowest BCUT2D eigenvalue weighted by Gasteiger charge is -2.29. The highest BCUT2D eigenvalue weighted by atomic mass is 16.2. The van der Waals surface area contributed by atoms with Crippen LogP contribution in [-0.2, 0) is 14.4 Å². The van der Waals surface area contributed by atoms with E-state index in [0.29, 0.717) is 18.5 Å². The molecule has 2 aliphatic rings. The highest BCUT2D eigenvalue weighted by Crippen LogP contribution is 2.25. The molecular weight excluding hydrogens is 270 g/mol. The molecule has 1 saturated heterocycles. The first-order valence-corrected chi connectivity index (χ1v) is 6.79. The van der Waals surface area contributed by atoms with Crippen LogP contribution in [0.5, 0.6) is 0 Å². The quantitative estimate of drug-likeness (QED) is 0.730. The molecule has 1 fully saturated rings. The molecule has 21 heavy (non-hydrogen) atoms. The second kappa shape index (κ2) is 7.54. The van der Waals surface area contributed by atoms with Gasteiger partial charge in [0.1, 0.15) is 6.04 Å². The predicted octanol–water partition coefficient (Wildman–Crippen LogP) is 0.267. The molecule has 6 heteroatoms. The molecule has 2 heterocycles. The Labute approximate surface area is 124 Å². The van der Waals surface area contributed by atoms with Gasteiger partial charge in [0.2, 0.25) is 11.8 Å². The Hall–Kier alpha value is -2.21. The van der Waals surface area contributed by atoms with Crippen LogP contribution < -0.4 is 11.1 Å². The second-order valence-electron chi connectivity index (χ2n) is 4.54. The minimum Gasteiger partial charge on any atom is -0.333 e. The Bertz CT molecular complexity index is 520. The monoisotopic (exact) mass is 291 g/mol. The van der Waals surface area contributed by atoms with Gasteiger partial charge in [0, 0.05) is 18.5 Å². The molecule has 0 radical (unpaired) electrons. The summed E-state index contributed by atoms with van der Waals surface area (Å²) >= 11 is 0. The lowest BCUT2D eigenvalue weighted by Crippen LogP contribution is -2.53. The summed E-state index contributed by atoms with van der Waals surface area (Å²) in [4.78, 5) is 36.7. The first-order valence-electron chi connectivity index (χ1n) is 6.79. The van der Waals surface area contributed by atoms with Crippen LogP contribution in [0.25, 0.3) is 0 Å². The zero-order chi connectivity index (χ0) is 16.0. The molecule has 0 aromatic rings. The highest BCUT2D eigenvalue weighted by molar-refractivity contribution is 6.06. The third kappa shape index (κ3) is 3.46. The smallest absolute Gasteiger partial charge is 0.255 e. The molecule has 0 aromatic carbocycles. The van der Waals surface area contributed by atoms with Crippen LogP contribution in [0.15, 0.2) is 36.0 Å². The van der Waals surface area contributed by atoms with Crippen molar-refractivity contribution in [3.63, 3.8) is 0 Å². The molecule has 3 N–H and O–H groups in total. The fourth-order valence-corrected chi connectivity index (χ4v) is 2.43. The van der Waals surface area contributed by atoms with Gasteiger partial charge in [-0.3, -0.25) is 19.7 Å². The van der Waals surface area contributed by atoms with Crippen molar-refractivity contribution in [3.05, 3.63) is 36.0 Å². The number of rotatable bonds is 3. The first kappa shape index (κ1) is 16.8. The standard InChI is InChI=1S/C14H16N2O3.CH5N/c1-3-5-9-8-16(14(19)10(9)4-2)11-6-7-12(17)15-13(11)18;1-2/h3-5,11H,2,6-8H2,1H3,(H,15,17,18);2H2,1H3/b5-3-;. The molecule has 0 saturated carbocycles. The van der Waals surface area contributed by atoms with Crippen LogP contribution in [0.2, 0.25) is 0 Å². The fraction of sp³-hybridized carbons (Fsp3) is 0.400. The molecule has 0 aromatic heterocycles. The molecule has 3 amide bonds. The highest BCUT2D eigenvalue weighted by Gasteiger charge is 2.38. The molecule has 6 nitrogen and oxygen atoms in total. The number of carbonyl (C=O) groups is 3. The van der Waals surface area contributed by atoms with E-state index in [1.807, 2.05) is 19.1 Å². The summed E-state index contributed by atoms with van der Waals surface area (Å²) < 4.78 is 0. The van der Waals surface area contributed by atoms with Crippen molar-refractivity contribution in [2.75, 3.05) is 13.6 Å². The number of hydrogen-bond donors (Lipinski definition) is 2. The van der Waals surface area contributed by atoms with E-state index >= 15 is 0 Å². The van der Waals surface area contributed by atoms with E-state index in [9.17, 15) is 14.4 Å². The molecule has 2 rings (SSSR count). The van der Waals surface area contributed by atoms with Gasteiger partial charge in [-0.1, -0.05) is 24.8 Å². The van der Waals surface area contributed by atoms with E-state index in [1.54, 1.807) is 0 Å². The number of hydrogen-bond acceptors (Lipinski definition) is 4. The maximum Gasteiger partial charge on any atom is 0.255 e. The van der Waals surface area contributed by atoms with Gasteiger partial charge < -0.3 is 10.6 Å². The Balaban J connectivity index is 0.00000106. The third-order valence-electron chi connectivity index (χ3n) is 3.34. The van der Waals surface area contributed by atoms with Crippen molar-refractivity contribution < 1.29 is 14.4 Å². The van der Waals surface area contributed by atoms with Gasteiger partial charge in [0.25, 0.3) is 5.91 Å². The van der Waals surface area contributed by atoms with E-state index in [1.165, 1.54) is 18.0 Å². The van der Waals surface area contributed by atoms with Gasteiger partial charge >= 0.3 is 0 Å². The normalized spacial score (nSPS) is 22.3. The number of nitrogens with two attached hydrogens (primary N) is 1. The average molecular weight is 291 g/mol. The van der Waals surface area contributed by atoms with Gasteiger partial charge in [0.15, 0.2) is 0 Å².